The molecule has 0 saturated heterocycles. The molecule has 0 bridgehead atoms. The predicted octanol–water partition coefficient (Wildman–Crippen LogP) is 2.88. The summed E-state index contributed by atoms with van der Waals surface area (Å²) in [4.78, 5) is 20.2. The van der Waals surface area contributed by atoms with Crippen LogP contribution in [0.15, 0.2) is 6.07 Å². The lowest BCUT2D eigenvalue weighted by Gasteiger charge is -2.27. The van der Waals surface area contributed by atoms with E-state index >= 15 is 0 Å². The molecule has 118 valence electrons. The van der Waals surface area contributed by atoms with E-state index in [1.807, 2.05) is 34.6 Å². The molecule has 0 aliphatic rings. The standard InChI is InChI=1S/C14H23ClN4O2/c1-6-8(2)11(12(20)21-14(3,4)5)18-10-7-9(15)17-13(16)19-10/h7-8,11H,6H2,1-5H3,(H3,16,17,18,19)/t8-,11-/m0/s1. The third kappa shape index (κ3) is 5.75. The first-order valence-corrected chi connectivity index (χ1v) is 7.29. The molecule has 3 N–H and O–H groups in total. The van der Waals surface area contributed by atoms with Gasteiger partial charge in [-0.1, -0.05) is 31.9 Å². The van der Waals surface area contributed by atoms with Gasteiger partial charge in [0.2, 0.25) is 5.95 Å². The minimum atomic E-state index is -0.549. The fraction of sp³-hybridized carbons (Fsp3) is 0.643. The van der Waals surface area contributed by atoms with E-state index in [1.54, 1.807) is 0 Å². The number of hydrogen-bond donors (Lipinski definition) is 2. The van der Waals surface area contributed by atoms with E-state index < -0.39 is 11.6 Å². The van der Waals surface area contributed by atoms with Crippen LogP contribution in [0.3, 0.4) is 0 Å². The molecule has 0 radical (unpaired) electrons. The molecule has 0 aromatic carbocycles. The van der Waals surface area contributed by atoms with Gasteiger partial charge >= 0.3 is 5.97 Å². The van der Waals surface area contributed by atoms with E-state index in [1.165, 1.54) is 6.07 Å². The number of nitrogens with zero attached hydrogens (tertiary/aromatic N) is 2. The molecule has 21 heavy (non-hydrogen) atoms. The summed E-state index contributed by atoms with van der Waals surface area (Å²) < 4.78 is 5.45. The van der Waals surface area contributed by atoms with Crippen LogP contribution in [0.4, 0.5) is 11.8 Å². The predicted molar refractivity (Wildman–Crippen MR) is 84.2 cm³/mol. The minimum absolute atomic E-state index is 0.0529. The van der Waals surface area contributed by atoms with Gasteiger partial charge < -0.3 is 15.8 Å². The monoisotopic (exact) mass is 314 g/mol. The molecule has 0 fully saturated rings. The molecule has 6 nitrogen and oxygen atoms in total. The fourth-order valence-corrected chi connectivity index (χ4v) is 1.89. The van der Waals surface area contributed by atoms with Gasteiger partial charge in [-0.05, 0) is 26.7 Å². The summed E-state index contributed by atoms with van der Waals surface area (Å²) in [5.41, 5.74) is 5.01. The highest BCUT2D eigenvalue weighted by molar-refractivity contribution is 6.29. The van der Waals surface area contributed by atoms with Gasteiger partial charge in [0.05, 0.1) is 0 Å². The Balaban J connectivity index is 2.95. The Hall–Kier alpha value is -1.56. The second-order valence-electron chi connectivity index (χ2n) is 5.98. The largest absolute Gasteiger partial charge is 0.458 e. The van der Waals surface area contributed by atoms with Crippen LogP contribution in [0, 0.1) is 5.92 Å². The molecule has 1 aromatic heterocycles. The second-order valence-corrected chi connectivity index (χ2v) is 6.36. The molecule has 0 aliphatic carbocycles. The van der Waals surface area contributed by atoms with E-state index in [0.29, 0.717) is 5.82 Å². The van der Waals surface area contributed by atoms with Crippen LogP contribution in [0.5, 0.6) is 0 Å². The number of carbonyl (C=O) groups is 1. The van der Waals surface area contributed by atoms with Gasteiger partial charge in [-0.25, -0.2) is 9.78 Å². The third-order valence-corrected chi connectivity index (χ3v) is 3.08. The number of ether oxygens (including phenoxy) is 1. The number of anilines is 2. The zero-order chi connectivity index (χ0) is 16.2. The van der Waals surface area contributed by atoms with Crippen molar-refractivity contribution in [1.29, 1.82) is 0 Å². The first-order chi connectivity index (χ1) is 9.62. The average molecular weight is 315 g/mol. The fourth-order valence-electron chi connectivity index (χ4n) is 1.70. The van der Waals surface area contributed by atoms with E-state index in [4.69, 9.17) is 22.1 Å². The number of aromatic nitrogens is 2. The van der Waals surface area contributed by atoms with Gasteiger partial charge in [0.15, 0.2) is 0 Å². The SMILES string of the molecule is CC[C@H](C)[C@H](Nc1cc(Cl)nc(N)n1)C(=O)OC(C)(C)C. The van der Waals surface area contributed by atoms with Crippen LogP contribution >= 0.6 is 11.6 Å². The second kappa shape index (κ2) is 6.93. The van der Waals surface area contributed by atoms with Crippen molar-refractivity contribution >= 4 is 29.3 Å². The summed E-state index contributed by atoms with van der Waals surface area (Å²) in [6.07, 6.45) is 0.811. The summed E-state index contributed by atoms with van der Waals surface area (Å²) in [6, 6.07) is 0.997. The smallest absolute Gasteiger partial charge is 0.329 e. The molecule has 1 heterocycles. The molecular formula is C14H23ClN4O2. The number of carbonyl (C=O) groups excluding carboxylic acids is 1. The minimum Gasteiger partial charge on any atom is -0.458 e. The van der Waals surface area contributed by atoms with Crippen LogP contribution in [-0.4, -0.2) is 27.6 Å². The Morgan fingerprint density at radius 3 is 2.57 bits per heavy atom. The van der Waals surface area contributed by atoms with E-state index in [9.17, 15) is 4.79 Å². The summed E-state index contributed by atoms with van der Waals surface area (Å²) in [6.45, 7) is 9.47. The highest BCUT2D eigenvalue weighted by Gasteiger charge is 2.29. The number of nitrogen functional groups attached to an aromatic ring is 1. The molecule has 2 atom stereocenters. The van der Waals surface area contributed by atoms with Crippen LogP contribution < -0.4 is 11.1 Å². The van der Waals surface area contributed by atoms with Gasteiger partial charge in [-0.3, -0.25) is 0 Å². The quantitative estimate of drug-likeness (QED) is 0.641. The number of nitrogens with two attached hydrogens (primary N) is 1. The summed E-state index contributed by atoms with van der Waals surface area (Å²) >= 11 is 5.85. The molecule has 0 spiro atoms. The molecule has 0 aliphatic heterocycles. The van der Waals surface area contributed by atoms with Crippen molar-refractivity contribution in [2.24, 2.45) is 5.92 Å². The van der Waals surface area contributed by atoms with Gasteiger partial charge in [0, 0.05) is 6.07 Å². The van der Waals surface area contributed by atoms with Gasteiger partial charge in [0.25, 0.3) is 0 Å². The van der Waals surface area contributed by atoms with Crippen molar-refractivity contribution in [1.82, 2.24) is 9.97 Å². The molecular weight excluding hydrogens is 292 g/mol. The number of halogens is 1. The number of nitrogens with one attached hydrogen (secondary N) is 1. The molecule has 0 unspecified atom stereocenters. The molecule has 1 aromatic rings. The maximum Gasteiger partial charge on any atom is 0.329 e. The normalized spacial score (nSPS) is 14.4. The van der Waals surface area contributed by atoms with Crippen LogP contribution in [0.25, 0.3) is 0 Å². The lowest BCUT2D eigenvalue weighted by molar-refractivity contribution is -0.157. The zero-order valence-corrected chi connectivity index (χ0v) is 13.9. The Morgan fingerprint density at radius 2 is 2.10 bits per heavy atom. The maximum atomic E-state index is 12.3. The third-order valence-electron chi connectivity index (χ3n) is 2.89. The topological polar surface area (TPSA) is 90.1 Å². The van der Waals surface area contributed by atoms with Crippen molar-refractivity contribution in [2.75, 3.05) is 11.1 Å². The van der Waals surface area contributed by atoms with Crippen LogP contribution in [0.1, 0.15) is 41.0 Å². The molecule has 1 rings (SSSR count). The number of hydrogen-bond acceptors (Lipinski definition) is 6. The van der Waals surface area contributed by atoms with Crippen LogP contribution in [-0.2, 0) is 9.53 Å². The molecule has 0 saturated carbocycles. The molecule has 0 amide bonds. The Bertz CT molecular complexity index is 482. The van der Waals surface area contributed by atoms with E-state index in [-0.39, 0.29) is 23.0 Å². The first kappa shape index (κ1) is 17.5. The van der Waals surface area contributed by atoms with Crippen LogP contribution in [0.2, 0.25) is 5.15 Å². The summed E-state index contributed by atoms with van der Waals surface area (Å²) in [7, 11) is 0. The summed E-state index contributed by atoms with van der Waals surface area (Å²) in [5, 5.41) is 3.26. The van der Waals surface area contributed by atoms with Crippen molar-refractivity contribution < 1.29 is 9.53 Å². The zero-order valence-electron chi connectivity index (χ0n) is 13.1. The van der Waals surface area contributed by atoms with Gasteiger partial charge in [-0.15, -0.1) is 0 Å². The Labute approximate surface area is 130 Å². The number of esters is 1. The van der Waals surface area contributed by atoms with Gasteiger partial charge in [0.1, 0.15) is 22.6 Å². The lowest BCUT2D eigenvalue weighted by Crippen LogP contribution is -2.40. The van der Waals surface area contributed by atoms with Crippen molar-refractivity contribution in [3.05, 3.63) is 11.2 Å². The van der Waals surface area contributed by atoms with Crippen molar-refractivity contribution in [3.8, 4) is 0 Å². The Kier molecular flexibility index (Phi) is 5.78. The highest BCUT2D eigenvalue weighted by Crippen LogP contribution is 2.20. The lowest BCUT2D eigenvalue weighted by atomic mass is 9.99. The highest BCUT2D eigenvalue weighted by atomic mass is 35.5. The summed E-state index contributed by atoms with van der Waals surface area (Å²) in [5.74, 6) is 0.195. The maximum absolute atomic E-state index is 12.3. The average Bonchev–Trinajstić information content (AvgIpc) is 2.31. The van der Waals surface area contributed by atoms with Gasteiger partial charge in [-0.2, -0.15) is 4.98 Å². The van der Waals surface area contributed by atoms with Crippen molar-refractivity contribution in [2.45, 2.75) is 52.7 Å². The van der Waals surface area contributed by atoms with E-state index in [2.05, 4.69) is 15.3 Å². The molecule has 7 heteroatoms. The Morgan fingerprint density at radius 1 is 1.48 bits per heavy atom. The van der Waals surface area contributed by atoms with Crippen molar-refractivity contribution in [3.63, 3.8) is 0 Å². The number of rotatable bonds is 5. The van der Waals surface area contributed by atoms with E-state index in [0.717, 1.165) is 6.42 Å². The first-order valence-electron chi connectivity index (χ1n) is 6.92.